The fraction of sp³-hybridized carbons (Fsp3) is 0.923. The van der Waals surface area contributed by atoms with Crippen molar-refractivity contribution in [2.24, 2.45) is 5.92 Å². The largest absolute Gasteiger partial charge is 0.415 e. The molecule has 0 bridgehead atoms. The van der Waals surface area contributed by atoms with Crippen LogP contribution in [0.5, 0.6) is 0 Å². The quantitative estimate of drug-likeness (QED) is 0.782. The number of halogens is 3. The van der Waals surface area contributed by atoms with Crippen molar-refractivity contribution in [2.75, 3.05) is 26.7 Å². The number of hydrogen-bond donors (Lipinski definition) is 2. The summed E-state index contributed by atoms with van der Waals surface area (Å²) in [7, 11) is 1.38. The summed E-state index contributed by atoms with van der Waals surface area (Å²) in [5.74, 6) is 0.186. The molecule has 1 aliphatic carbocycles. The topological polar surface area (TPSA) is 52.6 Å². The van der Waals surface area contributed by atoms with E-state index in [1.165, 1.54) is 31.2 Å². The van der Waals surface area contributed by atoms with E-state index in [2.05, 4.69) is 5.32 Å². The molecule has 1 saturated carbocycles. The Morgan fingerprint density at radius 3 is 2.50 bits per heavy atom. The summed E-state index contributed by atoms with van der Waals surface area (Å²) in [5, 5.41) is 11.7. The van der Waals surface area contributed by atoms with Gasteiger partial charge < -0.3 is 10.4 Å². The van der Waals surface area contributed by atoms with Crippen LogP contribution in [0.3, 0.4) is 0 Å². The Balaban J connectivity index is 2.20. The smallest absolute Gasteiger partial charge is 0.382 e. The molecule has 1 fully saturated rings. The maximum Gasteiger partial charge on any atom is 0.415 e. The Morgan fingerprint density at radius 2 is 1.95 bits per heavy atom. The molecule has 1 atom stereocenters. The minimum Gasteiger partial charge on any atom is -0.382 e. The predicted molar refractivity (Wildman–Crippen MR) is 69.1 cm³/mol. The van der Waals surface area contributed by atoms with E-state index < -0.39 is 18.8 Å². The third kappa shape index (κ3) is 6.56. The van der Waals surface area contributed by atoms with Gasteiger partial charge in [0, 0.05) is 13.1 Å². The Morgan fingerprint density at radius 1 is 1.35 bits per heavy atom. The van der Waals surface area contributed by atoms with Gasteiger partial charge in [-0.2, -0.15) is 13.2 Å². The van der Waals surface area contributed by atoms with E-state index in [9.17, 15) is 18.0 Å². The number of alkyl halides is 3. The van der Waals surface area contributed by atoms with Crippen molar-refractivity contribution < 1.29 is 23.1 Å². The molecule has 4 nitrogen and oxygen atoms in total. The fourth-order valence-electron chi connectivity index (χ4n) is 2.41. The maximum atomic E-state index is 12.2. The van der Waals surface area contributed by atoms with Gasteiger partial charge in [0.1, 0.15) is 0 Å². The molecule has 118 valence electrons. The number of nitrogens with zero attached hydrogens (tertiary/aromatic N) is 1. The lowest BCUT2D eigenvalue weighted by molar-refractivity contribution is -0.207. The zero-order valence-electron chi connectivity index (χ0n) is 11.7. The van der Waals surface area contributed by atoms with Gasteiger partial charge in [-0.1, -0.05) is 19.3 Å². The number of amides is 1. The van der Waals surface area contributed by atoms with E-state index in [1.54, 1.807) is 0 Å². The van der Waals surface area contributed by atoms with Gasteiger partial charge >= 0.3 is 6.18 Å². The molecular formula is C13H23F3N2O2. The minimum atomic E-state index is -4.65. The summed E-state index contributed by atoms with van der Waals surface area (Å²) in [4.78, 5) is 12.8. The van der Waals surface area contributed by atoms with E-state index in [-0.39, 0.29) is 12.5 Å². The number of nitrogens with one attached hydrogen (secondary N) is 1. The van der Waals surface area contributed by atoms with Crippen LogP contribution >= 0.6 is 0 Å². The third-order valence-corrected chi connectivity index (χ3v) is 3.59. The Labute approximate surface area is 117 Å². The SMILES string of the molecule is CN(CC(=O)NCC1CCCCC1)CC(O)C(F)(F)F. The van der Waals surface area contributed by atoms with Crippen LogP contribution < -0.4 is 5.32 Å². The summed E-state index contributed by atoms with van der Waals surface area (Å²) in [6, 6.07) is 0. The molecule has 1 unspecified atom stereocenters. The lowest BCUT2D eigenvalue weighted by atomic mass is 9.89. The standard InChI is InChI=1S/C13H23F3N2O2/c1-18(8-11(19)13(14,15)16)9-12(20)17-7-10-5-3-2-4-6-10/h10-11,19H,2-9H2,1H3,(H,17,20). The van der Waals surface area contributed by atoms with Crippen LogP contribution in [0.1, 0.15) is 32.1 Å². The summed E-state index contributed by atoms with van der Waals surface area (Å²) in [6.45, 7) is -0.144. The number of aliphatic hydroxyl groups is 1. The molecule has 1 rings (SSSR count). The second kappa shape index (κ2) is 7.83. The number of carbonyl (C=O) groups excluding carboxylic acids is 1. The predicted octanol–water partition coefficient (Wildman–Crippen LogP) is 1.54. The van der Waals surface area contributed by atoms with Gasteiger partial charge in [-0.15, -0.1) is 0 Å². The zero-order chi connectivity index (χ0) is 15.2. The number of likely N-dealkylation sites (N-methyl/N-ethyl adjacent to an activating group) is 1. The second-order valence-corrected chi connectivity index (χ2v) is 5.56. The van der Waals surface area contributed by atoms with Crippen molar-refractivity contribution in [3.63, 3.8) is 0 Å². The molecule has 0 spiro atoms. The number of hydrogen-bond acceptors (Lipinski definition) is 3. The average Bonchev–Trinajstić information content (AvgIpc) is 2.36. The van der Waals surface area contributed by atoms with Crippen LogP contribution in [0.2, 0.25) is 0 Å². The van der Waals surface area contributed by atoms with Gasteiger partial charge in [0.05, 0.1) is 6.54 Å². The molecule has 7 heteroatoms. The van der Waals surface area contributed by atoms with Gasteiger partial charge in [-0.05, 0) is 25.8 Å². The second-order valence-electron chi connectivity index (χ2n) is 5.56. The van der Waals surface area contributed by atoms with Gasteiger partial charge in [-0.25, -0.2) is 0 Å². The highest BCUT2D eigenvalue weighted by Gasteiger charge is 2.38. The fourth-order valence-corrected chi connectivity index (χ4v) is 2.41. The Bertz CT molecular complexity index is 304. The van der Waals surface area contributed by atoms with E-state index in [0.29, 0.717) is 12.5 Å². The van der Waals surface area contributed by atoms with Crippen LogP contribution in [0.4, 0.5) is 13.2 Å². The van der Waals surface area contributed by atoms with Crippen LogP contribution in [0, 0.1) is 5.92 Å². The molecule has 1 amide bonds. The molecule has 0 radical (unpaired) electrons. The number of aliphatic hydroxyl groups excluding tert-OH is 1. The highest BCUT2D eigenvalue weighted by atomic mass is 19.4. The highest BCUT2D eigenvalue weighted by Crippen LogP contribution is 2.22. The van der Waals surface area contributed by atoms with Crippen molar-refractivity contribution in [3.8, 4) is 0 Å². The van der Waals surface area contributed by atoms with Crippen molar-refractivity contribution >= 4 is 5.91 Å². The first kappa shape index (κ1) is 17.2. The van der Waals surface area contributed by atoms with E-state index in [1.807, 2.05) is 0 Å². The lowest BCUT2D eigenvalue weighted by Gasteiger charge is -2.24. The first-order valence-corrected chi connectivity index (χ1v) is 6.99. The first-order valence-electron chi connectivity index (χ1n) is 6.99. The molecule has 0 aromatic carbocycles. The van der Waals surface area contributed by atoms with E-state index in [4.69, 9.17) is 5.11 Å². The zero-order valence-corrected chi connectivity index (χ0v) is 11.7. The van der Waals surface area contributed by atoms with Crippen LogP contribution in [0.15, 0.2) is 0 Å². The van der Waals surface area contributed by atoms with Gasteiger partial charge in [-0.3, -0.25) is 9.69 Å². The van der Waals surface area contributed by atoms with Crippen molar-refractivity contribution in [1.29, 1.82) is 0 Å². The summed E-state index contributed by atoms with van der Waals surface area (Å²) in [5.41, 5.74) is 0. The van der Waals surface area contributed by atoms with E-state index >= 15 is 0 Å². The van der Waals surface area contributed by atoms with Gasteiger partial charge in [0.15, 0.2) is 6.10 Å². The minimum absolute atomic E-state index is 0.139. The number of rotatable bonds is 6. The third-order valence-electron chi connectivity index (χ3n) is 3.59. The van der Waals surface area contributed by atoms with Crippen molar-refractivity contribution in [2.45, 2.75) is 44.4 Å². The molecule has 0 aromatic heterocycles. The monoisotopic (exact) mass is 296 g/mol. The Kier molecular flexibility index (Phi) is 6.75. The van der Waals surface area contributed by atoms with Gasteiger partial charge in [0.25, 0.3) is 0 Å². The molecule has 20 heavy (non-hydrogen) atoms. The summed E-state index contributed by atoms with van der Waals surface area (Å²) < 4.78 is 36.5. The lowest BCUT2D eigenvalue weighted by Crippen LogP contribution is -2.44. The highest BCUT2D eigenvalue weighted by molar-refractivity contribution is 5.77. The molecule has 0 aliphatic heterocycles. The first-order chi connectivity index (χ1) is 9.29. The molecule has 0 saturated heterocycles. The maximum absolute atomic E-state index is 12.2. The van der Waals surface area contributed by atoms with E-state index in [0.717, 1.165) is 12.8 Å². The molecular weight excluding hydrogens is 273 g/mol. The molecule has 1 aliphatic rings. The normalized spacial score (nSPS) is 19.1. The Hall–Kier alpha value is -0.820. The average molecular weight is 296 g/mol. The van der Waals surface area contributed by atoms with Gasteiger partial charge in [0.2, 0.25) is 5.91 Å². The molecule has 0 heterocycles. The van der Waals surface area contributed by atoms with Crippen LogP contribution in [-0.4, -0.2) is 54.9 Å². The van der Waals surface area contributed by atoms with Crippen molar-refractivity contribution in [1.82, 2.24) is 10.2 Å². The summed E-state index contributed by atoms with van der Waals surface area (Å²) in [6.07, 6.45) is -1.27. The van der Waals surface area contributed by atoms with Crippen molar-refractivity contribution in [3.05, 3.63) is 0 Å². The molecule has 0 aromatic rings. The van der Waals surface area contributed by atoms with Crippen LogP contribution in [-0.2, 0) is 4.79 Å². The van der Waals surface area contributed by atoms with Crippen LogP contribution in [0.25, 0.3) is 0 Å². The number of carbonyl (C=O) groups is 1. The summed E-state index contributed by atoms with van der Waals surface area (Å²) >= 11 is 0. The molecule has 2 N–H and O–H groups in total.